The third-order valence-electron chi connectivity index (χ3n) is 4.09. The Labute approximate surface area is 162 Å². The summed E-state index contributed by atoms with van der Waals surface area (Å²) in [7, 11) is 1.60. The predicted octanol–water partition coefficient (Wildman–Crippen LogP) is 3.28. The Morgan fingerprint density at radius 3 is 2.82 bits per heavy atom. The molecule has 3 aromatic rings. The first kappa shape index (κ1) is 18.9. The summed E-state index contributed by atoms with van der Waals surface area (Å²) >= 11 is 0. The third kappa shape index (κ3) is 4.27. The second-order valence-electron chi connectivity index (χ2n) is 5.94. The standard InChI is InChI=1S/C21H20N4O3/c1-3-5-15-6-4-7-16(20(15)26)13-22-25-21(27)19-12-18(23-24-19)14-8-10-17(28-2)11-9-14/h3-4,6-13,26H,1,5H2,2H3,(H,23,24)(H,25,27)/b22-13+. The summed E-state index contributed by atoms with van der Waals surface area (Å²) in [6.07, 6.45) is 3.64. The van der Waals surface area contributed by atoms with E-state index in [9.17, 15) is 9.90 Å². The highest BCUT2D eigenvalue weighted by atomic mass is 16.5. The van der Waals surface area contributed by atoms with Crippen LogP contribution in [0.2, 0.25) is 0 Å². The molecule has 0 aliphatic carbocycles. The largest absolute Gasteiger partial charge is 0.507 e. The Morgan fingerprint density at radius 1 is 1.32 bits per heavy atom. The number of benzene rings is 2. The van der Waals surface area contributed by atoms with Crippen molar-refractivity contribution in [1.29, 1.82) is 0 Å². The average molecular weight is 376 g/mol. The van der Waals surface area contributed by atoms with Gasteiger partial charge in [0, 0.05) is 11.1 Å². The van der Waals surface area contributed by atoms with Gasteiger partial charge in [-0.15, -0.1) is 6.58 Å². The van der Waals surface area contributed by atoms with Gasteiger partial charge in [-0.05, 0) is 48.4 Å². The molecule has 0 aliphatic heterocycles. The lowest BCUT2D eigenvalue weighted by atomic mass is 10.1. The van der Waals surface area contributed by atoms with E-state index < -0.39 is 5.91 Å². The number of ether oxygens (including phenoxy) is 1. The summed E-state index contributed by atoms with van der Waals surface area (Å²) in [4.78, 5) is 12.2. The fraction of sp³-hybridized carbons (Fsp3) is 0.0952. The zero-order valence-corrected chi connectivity index (χ0v) is 15.3. The number of para-hydroxylation sites is 1. The van der Waals surface area contributed by atoms with E-state index in [-0.39, 0.29) is 11.4 Å². The Balaban J connectivity index is 1.67. The van der Waals surface area contributed by atoms with Crippen LogP contribution in [-0.2, 0) is 6.42 Å². The molecule has 3 rings (SSSR count). The number of rotatable bonds is 7. The van der Waals surface area contributed by atoms with Crippen LogP contribution in [0.3, 0.4) is 0 Å². The molecule has 0 aliphatic rings. The van der Waals surface area contributed by atoms with Gasteiger partial charge in [0.05, 0.1) is 19.0 Å². The molecule has 2 aromatic carbocycles. The maximum atomic E-state index is 12.2. The molecule has 7 heteroatoms. The number of amides is 1. The van der Waals surface area contributed by atoms with Crippen LogP contribution in [0.15, 0.2) is 66.3 Å². The van der Waals surface area contributed by atoms with Crippen LogP contribution >= 0.6 is 0 Å². The second-order valence-corrected chi connectivity index (χ2v) is 5.94. The molecule has 1 aromatic heterocycles. The number of aromatic nitrogens is 2. The van der Waals surface area contributed by atoms with Gasteiger partial charge in [0.25, 0.3) is 5.91 Å². The summed E-state index contributed by atoms with van der Waals surface area (Å²) in [5.74, 6) is 0.418. The molecule has 0 saturated carbocycles. The molecular formula is C21H20N4O3. The van der Waals surface area contributed by atoms with Crippen molar-refractivity contribution in [2.24, 2.45) is 5.10 Å². The number of allylic oxidation sites excluding steroid dienone is 1. The Morgan fingerprint density at radius 2 is 2.11 bits per heavy atom. The topological polar surface area (TPSA) is 99.6 Å². The maximum absolute atomic E-state index is 12.2. The fourth-order valence-corrected chi connectivity index (χ4v) is 2.60. The first-order valence-corrected chi connectivity index (χ1v) is 8.57. The van der Waals surface area contributed by atoms with Gasteiger partial charge in [0.1, 0.15) is 17.2 Å². The number of carbonyl (C=O) groups is 1. The van der Waals surface area contributed by atoms with E-state index in [1.54, 1.807) is 37.5 Å². The lowest BCUT2D eigenvalue weighted by molar-refractivity contribution is 0.0950. The van der Waals surface area contributed by atoms with E-state index in [1.807, 2.05) is 24.3 Å². The van der Waals surface area contributed by atoms with Crippen molar-refractivity contribution in [2.45, 2.75) is 6.42 Å². The van der Waals surface area contributed by atoms with E-state index >= 15 is 0 Å². The van der Waals surface area contributed by atoms with Gasteiger partial charge < -0.3 is 9.84 Å². The minimum absolute atomic E-state index is 0.115. The number of nitrogens with zero attached hydrogens (tertiary/aromatic N) is 2. The summed E-state index contributed by atoms with van der Waals surface area (Å²) in [5.41, 5.74) is 5.41. The second kappa shape index (κ2) is 8.68. The maximum Gasteiger partial charge on any atom is 0.289 e. The average Bonchev–Trinajstić information content (AvgIpc) is 3.21. The number of nitrogens with one attached hydrogen (secondary N) is 2. The molecule has 0 radical (unpaired) electrons. The summed E-state index contributed by atoms with van der Waals surface area (Å²) in [6, 6.07) is 14.3. The highest BCUT2D eigenvalue weighted by molar-refractivity contribution is 5.94. The highest BCUT2D eigenvalue weighted by Crippen LogP contribution is 2.22. The zero-order valence-electron chi connectivity index (χ0n) is 15.3. The number of H-pyrrole nitrogens is 1. The van der Waals surface area contributed by atoms with Crippen LogP contribution in [0, 0.1) is 0 Å². The van der Waals surface area contributed by atoms with Crippen molar-refractivity contribution in [3.63, 3.8) is 0 Å². The molecule has 28 heavy (non-hydrogen) atoms. The van der Waals surface area contributed by atoms with Crippen LogP contribution in [-0.4, -0.2) is 34.5 Å². The molecule has 1 heterocycles. The Bertz CT molecular complexity index is 1010. The Kier molecular flexibility index (Phi) is 5.86. The van der Waals surface area contributed by atoms with Crippen LogP contribution in [0.1, 0.15) is 21.6 Å². The highest BCUT2D eigenvalue weighted by Gasteiger charge is 2.11. The number of aromatic hydroxyl groups is 1. The van der Waals surface area contributed by atoms with E-state index in [0.29, 0.717) is 17.7 Å². The van der Waals surface area contributed by atoms with Crippen LogP contribution in [0.5, 0.6) is 11.5 Å². The van der Waals surface area contributed by atoms with Gasteiger partial charge in [0.2, 0.25) is 0 Å². The van der Waals surface area contributed by atoms with Crippen molar-refractivity contribution in [3.8, 4) is 22.8 Å². The molecule has 0 bridgehead atoms. The molecule has 0 saturated heterocycles. The smallest absolute Gasteiger partial charge is 0.289 e. The SMILES string of the molecule is C=CCc1cccc(/C=N/NC(=O)c2cc(-c3ccc(OC)cc3)n[nH]2)c1O. The van der Waals surface area contributed by atoms with E-state index in [2.05, 4.69) is 27.3 Å². The molecule has 1 amide bonds. The van der Waals surface area contributed by atoms with E-state index in [1.165, 1.54) is 6.21 Å². The minimum atomic E-state index is -0.440. The number of carbonyl (C=O) groups excluding carboxylic acids is 1. The van der Waals surface area contributed by atoms with Gasteiger partial charge in [-0.3, -0.25) is 9.89 Å². The molecule has 0 unspecified atom stereocenters. The monoisotopic (exact) mass is 376 g/mol. The zero-order chi connectivity index (χ0) is 19.9. The van der Waals surface area contributed by atoms with Crippen molar-refractivity contribution in [3.05, 3.63) is 78.0 Å². The predicted molar refractivity (Wildman–Crippen MR) is 108 cm³/mol. The normalized spacial score (nSPS) is 10.8. The minimum Gasteiger partial charge on any atom is -0.507 e. The number of methoxy groups -OCH3 is 1. The number of hydrogen-bond acceptors (Lipinski definition) is 5. The molecule has 3 N–H and O–H groups in total. The lowest BCUT2D eigenvalue weighted by Gasteiger charge is -2.04. The number of aromatic amines is 1. The van der Waals surface area contributed by atoms with Gasteiger partial charge >= 0.3 is 0 Å². The lowest BCUT2D eigenvalue weighted by Crippen LogP contribution is -2.18. The van der Waals surface area contributed by atoms with Crippen molar-refractivity contribution < 1.29 is 14.6 Å². The number of phenolic OH excluding ortho intramolecular Hbond substituents is 1. The fourth-order valence-electron chi connectivity index (χ4n) is 2.60. The molecular weight excluding hydrogens is 356 g/mol. The van der Waals surface area contributed by atoms with Gasteiger partial charge in [-0.1, -0.05) is 18.2 Å². The summed E-state index contributed by atoms with van der Waals surface area (Å²) < 4.78 is 5.13. The molecule has 142 valence electrons. The van der Waals surface area contributed by atoms with Crippen molar-refractivity contribution >= 4 is 12.1 Å². The van der Waals surface area contributed by atoms with Crippen LogP contribution in [0.4, 0.5) is 0 Å². The summed E-state index contributed by atoms with van der Waals surface area (Å²) in [6.45, 7) is 3.66. The van der Waals surface area contributed by atoms with Gasteiger partial charge in [-0.2, -0.15) is 10.2 Å². The molecule has 0 atom stereocenters. The van der Waals surface area contributed by atoms with Gasteiger partial charge in [-0.25, -0.2) is 5.43 Å². The van der Waals surface area contributed by atoms with Crippen LogP contribution in [0.25, 0.3) is 11.3 Å². The quantitative estimate of drug-likeness (QED) is 0.335. The third-order valence-corrected chi connectivity index (χ3v) is 4.09. The van der Waals surface area contributed by atoms with Gasteiger partial charge in [0.15, 0.2) is 0 Å². The van der Waals surface area contributed by atoms with E-state index in [4.69, 9.17) is 4.74 Å². The summed E-state index contributed by atoms with van der Waals surface area (Å²) in [5, 5.41) is 20.9. The molecule has 0 spiro atoms. The molecule has 0 fully saturated rings. The van der Waals surface area contributed by atoms with Crippen molar-refractivity contribution in [2.75, 3.05) is 7.11 Å². The number of hydrazone groups is 1. The number of hydrogen-bond donors (Lipinski definition) is 3. The van der Waals surface area contributed by atoms with Crippen molar-refractivity contribution in [1.82, 2.24) is 15.6 Å². The first-order chi connectivity index (χ1) is 13.6. The number of phenols is 1. The van der Waals surface area contributed by atoms with Crippen LogP contribution < -0.4 is 10.2 Å². The Hall–Kier alpha value is -3.87. The van der Waals surface area contributed by atoms with E-state index in [0.717, 1.165) is 16.9 Å². The molecule has 7 nitrogen and oxygen atoms in total. The first-order valence-electron chi connectivity index (χ1n) is 8.57.